The van der Waals surface area contributed by atoms with Crippen molar-refractivity contribution in [3.63, 3.8) is 0 Å². The van der Waals surface area contributed by atoms with Crippen LogP contribution in [0.3, 0.4) is 0 Å². The number of nitrogens with zero attached hydrogens (tertiary/aromatic N) is 3. The molecule has 0 amide bonds. The molecule has 8 heteroatoms. The molecule has 1 atom stereocenters. The summed E-state index contributed by atoms with van der Waals surface area (Å²) in [4.78, 5) is 25.4. The number of benzene rings is 1. The number of carbonyl (C=O) groups is 1. The van der Waals surface area contributed by atoms with E-state index in [9.17, 15) is 20.0 Å². The molecule has 0 spiro atoms. The third kappa shape index (κ3) is 3.94. The van der Waals surface area contributed by atoms with Crippen molar-refractivity contribution in [1.29, 1.82) is 0 Å². The van der Waals surface area contributed by atoms with Crippen molar-refractivity contribution in [1.82, 2.24) is 4.90 Å². The predicted molar refractivity (Wildman–Crippen MR) is 71.7 cm³/mol. The van der Waals surface area contributed by atoms with E-state index in [0.29, 0.717) is 5.69 Å². The summed E-state index contributed by atoms with van der Waals surface area (Å²) in [5, 5.41) is 21.9. The van der Waals surface area contributed by atoms with Crippen molar-refractivity contribution in [3.05, 3.63) is 33.9 Å². The monoisotopic (exact) mass is 301 g/mol. The van der Waals surface area contributed by atoms with E-state index in [4.69, 9.17) is 0 Å². The van der Waals surface area contributed by atoms with Gasteiger partial charge in [0.25, 0.3) is 5.69 Å². The second-order valence-electron chi connectivity index (χ2n) is 5.05. The quantitative estimate of drug-likeness (QED) is 0.338. The molecule has 0 saturated carbocycles. The van der Waals surface area contributed by atoms with E-state index >= 15 is 0 Å². The average molecular weight is 301 g/mol. The number of rotatable bonds is 3. The molecule has 1 aliphatic heterocycles. The Hall–Kier alpha value is -1.15. The zero-order valence-corrected chi connectivity index (χ0v) is 14.4. The Bertz CT molecular complexity index is 552. The molecule has 1 aliphatic rings. The van der Waals surface area contributed by atoms with Gasteiger partial charge in [0.2, 0.25) is 0 Å². The minimum absolute atomic E-state index is 0. The molecular weight excluding hydrogens is 285 g/mol. The molecule has 0 N–H and O–H groups in total. The van der Waals surface area contributed by atoms with Crippen LogP contribution in [-0.4, -0.2) is 48.5 Å². The van der Waals surface area contributed by atoms with Crippen molar-refractivity contribution >= 4 is 17.3 Å². The minimum atomic E-state index is -1.53. The summed E-state index contributed by atoms with van der Waals surface area (Å²) in [7, 11) is 2.02. The Morgan fingerprint density at radius 2 is 2.05 bits per heavy atom. The number of nitro groups is 1. The van der Waals surface area contributed by atoms with E-state index in [1.54, 1.807) is 6.07 Å². The van der Waals surface area contributed by atoms with Crippen LogP contribution in [0.25, 0.3) is 0 Å². The van der Waals surface area contributed by atoms with Gasteiger partial charge in [0, 0.05) is 37.4 Å². The molecule has 1 aromatic carbocycles. The first kappa shape index (κ1) is 17.9. The van der Waals surface area contributed by atoms with Gasteiger partial charge in [-0.2, -0.15) is 0 Å². The fourth-order valence-corrected chi connectivity index (χ4v) is 2.55. The normalized spacial score (nSPS) is 19.0. The number of hydrogen-bond donors (Lipinski definition) is 0. The molecule has 1 saturated heterocycles. The van der Waals surface area contributed by atoms with Crippen LogP contribution in [0.5, 0.6) is 0 Å². The van der Waals surface area contributed by atoms with Gasteiger partial charge in [-0.05, 0) is 26.1 Å². The van der Waals surface area contributed by atoms with E-state index in [1.807, 2.05) is 14.0 Å². The minimum Gasteiger partial charge on any atom is -0.545 e. The SMILES string of the molecule is C[C@H]1CN(C)CCN1c1ccc([N+](=O)[O-])c(C(=O)[O-])c1.[Na+]. The van der Waals surface area contributed by atoms with Crippen molar-refractivity contribution in [2.45, 2.75) is 13.0 Å². The molecule has 0 aliphatic carbocycles. The van der Waals surface area contributed by atoms with Crippen LogP contribution in [0.15, 0.2) is 18.2 Å². The summed E-state index contributed by atoms with van der Waals surface area (Å²) in [6.07, 6.45) is 0. The maximum absolute atomic E-state index is 11.1. The molecule has 1 heterocycles. The zero-order chi connectivity index (χ0) is 14.9. The van der Waals surface area contributed by atoms with Gasteiger partial charge in [0.1, 0.15) is 0 Å². The molecule has 0 bridgehead atoms. The van der Waals surface area contributed by atoms with Gasteiger partial charge in [0.15, 0.2) is 0 Å². The summed E-state index contributed by atoms with van der Waals surface area (Å²) in [5.74, 6) is -1.53. The van der Waals surface area contributed by atoms with Crippen molar-refractivity contribution in [2.24, 2.45) is 0 Å². The number of anilines is 1. The Morgan fingerprint density at radius 1 is 1.38 bits per heavy atom. The number of carbonyl (C=O) groups excluding carboxylic acids is 1. The van der Waals surface area contributed by atoms with Gasteiger partial charge in [0.05, 0.1) is 16.5 Å². The van der Waals surface area contributed by atoms with Crippen LogP contribution in [-0.2, 0) is 0 Å². The Balaban J connectivity index is 0.00000220. The smallest absolute Gasteiger partial charge is 0.545 e. The number of carboxylic acid groups (broad SMARTS) is 1. The molecule has 7 nitrogen and oxygen atoms in total. The molecule has 1 fully saturated rings. The van der Waals surface area contributed by atoms with E-state index in [2.05, 4.69) is 9.80 Å². The fraction of sp³-hybridized carbons (Fsp3) is 0.462. The predicted octanol–water partition coefficient (Wildman–Crippen LogP) is -2.90. The summed E-state index contributed by atoms with van der Waals surface area (Å²) in [6, 6.07) is 4.36. The van der Waals surface area contributed by atoms with Crippen LogP contribution in [0, 0.1) is 10.1 Å². The van der Waals surface area contributed by atoms with Gasteiger partial charge in [-0.3, -0.25) is 10.1 Å². The van der Waals surface area contributed by atoms with Crippen LogP contribution in [0.4, 0.5) is 11.4 Å². The first-order valence-corrected chi connectivity index (χ1v) is 6.35. The standard InChI is InChI=1S/C13H17N3O4.Na/c1-9-8-14(2)5-6-15(9)10-3-4-12(16(19)20)11(7-10)13(17)18;/h3-4,7,9H,5-6,8H2,1-2H3,(H,17,18);/q;+1/p-1/t9-;/m0./s1. The first-order valence-electron chi connectivity index (χ1n) is 6.35. The molecule has 0 aromatic heterocycles. The molecule has 21 heavy (non-hydrogen) atoms. The molecule has 1 aromatic rings. The summed E-state index contributed by atoms with van der Waals surface area (Å²) < 4.78 is 0. The van der Waals surface area contributed by atoms with E-state index in [-0.39, 0.29) is 41.2 Å². The van der Waals surface area contributed by atoms with Crippen molar-refractivity contribution in [3.8, 4) is 0 Å². The second-order valence-corrected chi connectivity index (χ2v) is 5.05. The molecule has 0 unspecified atom stereocenters. The van der Waals surface area contributed by atoms with Crippen LogP contribution < -0.4 is 39.6 Å². The third-order valence-electron chi connectivity index (χ3n) is 3.56. The first-order chi connectivity index (χ1) is 9.40. The molecule has 2 rings (SSSR count). The number of aromatic carboxylic acids is 1. The summed E-state index contributed by atoms with van der Waals surface area (Å²) >= 11 is 0. The van der Waals surface area contributed by atoms with Crippen molar-refractivity contribution < 1.29 is 44.4 Å². The number of carboxylic acids is 1. The Kier molecular flexibility index (Phi) is 6.15. The fourth-order valence-electron chi connectivity index (χ4n) is 2.55. The van der Waals surface area contributed by atoms with E-state index in [1.165, 1.54) is 12.1 Å². The second kappa shape index (κ2) is 7.22. The Morgan fingerprint density at radius 3 is 2.57 bits per heavy atom. The summed E-state index contributed by atoms with van der Waals surface area (Å²) in [6.45, 7) is 4.51. The van der Waals surface area contributed by atoms with Gasteiger partial charge in [-0.1, -0.05) is 0 Å². The third-order valence-corrected chi connectivity index (χ3v) is 3.56. The Labute approximate surface area is 145 Å². The molecule has 108 valence electrons. The largest absolute Gasteiger partial charge is 1.00 e. The maximum atomic E-state index is 11.1. The zero-order valence-electron chi connectivity index (χ0n) is 12.4. The van der Waals surface area contributed by atoms with Gasteiger partial charge >= 0.3 is 29.6 Å². The van der Waals surface area contributed by atoms with Crippen LogP contribution in [0.1, 0.15) is 17.3 Å². The molecular formula is C13H16N3NaO4. The van der Waals surface area contributed by atoms with Crippen molar-refractivity contribution in [2.75, 3.05) is 31.6 Å². The van der Waals surface area contributed by atoms with E-state index < -0.39 is 16.6 Å². The number of hydrogen-bond acceptors (Lipinski definition) is 6. The topological polar surface area (TPSA) is 89.8 Å². The van der Waals surface area contributed by atoms with Crippen LogP contribution in [0.2, 0.25) is 0 Å². The number of likely N-dealkylation sites (N-methyl/N-ethyl adjacent to an activating group) is 1. The average Bonchev–Trinajstić information content (AvgIpc) is 2.37. The van der Waals surface area contributed by atoms with Crippen LogP contribution >= 0.6 is 0 Å². The van der Waals surface area contributed by atoms with Gasteiger partial charge < -0.3 is 19.7 Å². The number of nitro benzene ring substituents is 1. The van der Waals surface area contributed by atoms with Gasteiger partial charge in [-0.15, -0.1) is 0 Å². The molecule has 0 radical (unpaired) electrons. The van der Waals surface area contributed by atoms with E-state index in [0.717, 1.165) is 19.6 Å². The maximum Gasteiger partial charge on any atom is 1.00 e. The number of piperazine rings is 1. The van der Waals surface area contributed by atoms with Gasteiger partial charge in [-0.25, -0.2) is 0 Å². The summed E-state index contributed by atoms with van der Waals surface area (Å²) in [5.41, 5.74) is -0.135.